The third-order valence-corrected chi connectivity index (χ3v) is 2.06. The highest BCUT2D eigenvalue weighted by Crippen LogP contribution is 2.12. The molecule has 2 aromatic rings. The van der Waals surface area contributed by atoms with Crippen LogP contribution in [0.2, 0.25) is 0 Å². The van der Waals surface area contributed by atoms with Gasteiger partial charge in [0.25, 0.3) is 0 Å². The summed E-state index contributed by atoms with van der Waals surface area (Å²) in [7, 11) is 1.97. The van der Waals surface area contributed by atoms with E-state index in [2.05, 4.69) is 4.98 Å². The minimum atomic E-state index is 0.0812. The van der Waals surface area contributed by atoms with Crippen molar-refractivity contribution in [3.63, 3.8) is 0 Å². The van der Waals surface area contributed by atoms with Gasteiger partial charge in [0.15, 0.2) is 6.20 Å². The third-order valence-electron chi connectivity index (χ3n) is 2.06. The molecule has 0 saturated carbocycles. The van der Waals surface area contributed by atoms with E-state index < -0.39 is 0 Å². The van der Waals surface area contributed by atoms with Gasteiger partial charge in [0.1, 0.15) is 12.6 Å². The minimum Gasteiger partial charge on any atom is -0.391 e. The van der Waals surface area contributed by atoms with Crippen LogP contribution < -0.4 is 4.57 Å². The van der Waals surface area contributed by atoms with Crippen LogP contribution in [0, 0.1) is 0 Å². The van der Waals surface area contributed by atoms with E-state index in [1.807, 2.05) is 36.1 Å². The first-order chi connectivity index (χ1) is 5.83. The first-order valence-electron chi connectivity index (χ1n) is 3.88. The second-order valence-corrected chi connectivity index (χ2v) is 2.85. The molecule has 0 radical (unpaired) electrons. The summed E-state index contributed by atoms with van der Waals surface area (Å²) in [6.45, 7) is 0.0812. The van der Waals surface area contributed by atoms with E-state index in [4.69, 9.17) is 5.11 Å². The summed E-state index contributed by atoms with van der Waals surface area (Å²) in [5.74, 6) is 0. The number of aliphatic hydroxyl groups excluding tert-OH is 1. The third kappa shape index (κ3) is 0.905. The molecule has 0 aliphatic carbocycles. The Morgan fingerprint density at radius 3 is 3.17 bits per heavy atom. The molecule has 0 aliphatic rings. The van der Waals surface area contributed by atoms with Gasteiger partial charge in [-0.25, -0.2) is 0 Å². The predicted octanol–water partition coefficient (Wildman–Crippen LogP) is 0.485. The summed E-state index contributed by atoms with van der Waals surface area (Å²) >= 11 is 0. The van der Waals surface area contributed by atoms with Crippen LogP contribution in [0.4, 0.5) is 0 Å². The summed E-state index contributed by atoms with van der Waals surface area (Å²) < 4.78 is 2.00. The lowest BCUT2D eigenvalue weighted by atomic mass is 10.3. The highest BCUT2D eigenvalue weighted by atomic mass is 16.3. The molecule has 3 heteroatoms. The molecule has 0 aliphatic heterocycles. The van der Waals surface area contributed by atoms with Crippen molar-refractivity contribution in [2.75, 3.05) is 0 Å². The molecule has 0 aromatic carbocycles. The molecule has 0 fully saturated rings. The largest absolute Gasteiger partial charge is 0.391 e. The lowest BCUT2D eigenvalue weighted by molar-refractivity contribution is -0.645. The Balaban J connectivity index is 2.83. The average molecular weight is 163 g/mol. The van der Waals surface area contributed by atoms with Crippen LogP contribution in [0.25, 0.3) is 11.0 Å². The predicted molar refractivity (Wildman–Crippen MR) is 45.4 cm³/mol. The van der Waals surface area contributed by atoms with Crippen molar-refractivity contribution in [1.82, 2.24) is 4.98 Å². The molecule has 2 heterocycles. The van der Waals surface area contributed by atoms with E-state index in [1.165, 1.54) is 0 Å². The van der Waals surface area contributed by atoms with Gasteiger partial charge < -0.3 is 10.1 Å². The number of fused-ring (bicyclic) bond motifs is 1. The number of H-pyrrole nitrogens is 1. The standard InChI is InChI=1S/C9H10N2O/c1-11-4-2-3-8-9(11)7(6-12)5-10-8/h2-5,12H,6H2,1H3/p+1. The van der Waals surface area contributed by atoms with Crippen LogP contribution in [0.1, 0.15) is 5.56 Å². The molecule has 2 rings (SSSR count). The molecule has 0 bridgehead atoms. The number of nitrogens with one attached hydrogen (secondary N) is 1. The van der Waals surface area contributed by atoms with Gasteiger partial charge in [0.2, 0.25) is 5.52 Å². The number of aryl methyl sites for hydroxylation is 1. The van der Waals surface area contributed by atoms with Crippen LogP contribution >= 0.6 is 0 Å². The molecule has 62 valence electrons. The zero-order valence-corrected chi connectivity index (χ0v) is 6.91. The Morgan fingerprint density at radius 1 is 1.58 bits per heavy atom. The van der Waals surface area contributed by atoms with Crippen LogP contribution in [0.15, 0.2) is 24.5 Å². The fourth-order valence-corrected chi connectivity index (χ4v) is 1.48. The van der Waals surface area contributed by atoms with Crippen molar-refractivity contribution in [2.24, 2.45) is 7.05 Å². The Morgan fingerprint density at radius 2 is 2.42 bits per heavy atom. The van der Waals surface area contributed by atoms with E-state index in [9.17, 15) is 0 Å². The van der Waals surface area contributed by atoms with Crippen LogP contribution in [-0.4, -0.2) is 10.1 Å². The second kappa shape index (κ2) is 2.60. The topological polar surface area (TPSA) is 39.9 Å². The van der Waals surface area contributed by atoms with Gasteiger partial charge in [-0.3, -0.25) is 0 Å². The van der Waals surface area contributed by atoms with Crippen molar-refractivity contribution in [1.29, 1.82) is 0 Å². The maximum Gasteiger partial charge on any atom is 0.235 e. The highest BCUT2D eigenvalue weighted by Gasteiger charge is 2.10. The molecule has 3 nitrogen and oxygen atoms in total. The fraction of sp³-hybridized carbons (Fsp3) is 0.222. The summed E-state index contributed by atoms with van der Waals surface area (Å²) in [6, 6.07) is 3.97. The molecule has 2 N–H and O–H groups in total. The summed E-state index contributed by atoms with van der Waals surface area (Å²) in [5, 5.41) is 9.02. The van der Waals surface area contributed by atoms with Crippen molar-refractivity contribution < 1.29 is 9.67 Å². The van der Waals surface area contributed by atoms with Gasteiger partial charge in [0, 0.05) is 12.3 Å². The van der Waals surface area contributed by atoms with Crippen LogP contribution in [-0.2, 0) is 13.7 Å². The molecular weight excluding hydrogens is 152 g/mol. The van der Waals surface area contributed by atoms with Crippen LogP contribution in [0.3, 0.4) is 0 Å². The van der Waals surface area contributed by atoms with Crippen molar-refractivity contribution in [3.8, 4) is 0 Å². The Labute approximate surface area is 70.3 Å². The molecule has 12 heavy (non-hydrogen) atoms. The zero-order chi connectivity index (χ0) is 8.55. The van der Waals surface area contributed by atoms with Gasteiger partial charge in [-0.05, 0) is 6.07 Å². The number of hydrogen-bond acceptors (Lipinski definition) is 1. The second-order valence-electron chi connectivity index (χ2n) is 2.85. The summed E-state index contributed by atoms with van der Waals surface area (Å²) in [6.07, 6.45) is 3.81. The summed E-state index contributed by atoms with van der Waals surface area (Å²) in [5.41, 5.74) is 3.07. The SMILES string of the molecule is C[n+]1cccc2[nH]cc(CO)c21. The van der Waals surface area contributed by atoms with Gasteiger partial charge in [0.05, 0.1) is 12.2 Å². The maximum absolute atomic E-state index is 9.02. The molecule has 0 spiro atoms. The quantitative estimate of drug-likeness (QED) is 0.590. The van der Waals surface area contributed by atoms with E-state index >= 15 is 0 Å². The van der Waals surface area contributed by atoms with Gasteiger partial charge >= 0.3 is 0 Å². The first-order valence-corrected chi connectivity index (χ1v) is 3.88. The highest BCUT2D eigenvalue weighted by molar-refractivity contribution is 5.75. The molecule has 0 atom stereocenters. The first kappa shape index (κ1) is 7.31. The van der Waals surface area contributed by atoms with E-state index in [0.717, 1.165) is 16.6 Å². The van der Waals surface area contributed by atoms with Crippen molar-refractivity contribution in [3.05, 3.63) is 30.1 Å². The Hall–Kier alpha value is -1.35. The maximum atomic E-state index is 9.02. The average Bonchev–Trinajstić information content (AvgIpc) is 2.49. The molecule has 2 aromatic heterocycles. The normalized spacial score (nSPS) is 10.8. The number of rotatable bonds is 1. The molecule has 0 amide bonds. The summed E-state index contributed by atoms with van der Waals surface area (Å²) in [4.78, 5) is 3.10. The minimum absolute atomic E-state index is 0.0812. The number of hydrogen-bond donors (Lipinski definition) is 2. The van der Waals surface area contributed by atoms with E-state index in [-0.39, 0.29) is 6.61 Å². The van der Waals surface area contributed by atoms with Gasteiger partial charge in [-0.2, -0.15) is 4.57 Å². The lowest BCUT2D eigenvalue weighted by Crippen LogP contribution is -2.28. The van der Waals surface area contributed by atoms with Gasteiger partial charge in [-0.1, -0.05) is 0 Å². The number of aromatic nitrogens is 2. The van der Waals surface area contributed by atoms with Crippen molar-refractivity contribution >= 4 is 11.0 Å². The molecule has 0 saturated heterocycles. The Bertz CT molecular complexity index is 406. The monoisotopic (exact) mass is 163 g/mol. The van der Waals surface area contributed by atoms with E-state index in [0.29, 0.717) is 0 Å². The lowest BCUT2D eigenvalue weighted by Gasteiger charge is -1.91. The number of aromatic amines is 1. The smallest absolute Gasteiger partial charge is 0.235 e. The van der Waals surface area contributed by atoms with Crippen LogP contribution in [0.5, 0.6) is 0 Å². The number of pyridine rings is 1. The number of aliphatic hydroxyl groups is 1. The van der Waals surface area contributed by atoms with Gasteiger partial charge in [-0.15, -0.1) is 0 Å². The van der Waals surface area contributed by atoms with E-state index in [1.54, 1.807) is 0 Å². The molecule has 0 unspecified atom stereocenters. The number of nitrogens with zero attached hydrogens (tertiary/aromatic N) is 1. The van der Waals surface area contributed by atoms with Crippen molar-refractivity contribution in [2.45, 2.75) is 6.61 Å². The Kier molecular flexibility index (Phi) is 1.59. The fourth-order valence-electron chi connectivity index (χ4n) is 1.48. The zero-order valence-electron chi connectivity index (χ0n) is 6.91. The molecular formula is C9H11N2O+.